The summed E-state index contributed by atoms with van der Waals surface area (Å²) in [6.07, 6.45) is 0.416. The van der Waals surface area contributed by atoms with Crippen LogP contribution >= 0.6 is 11.6 Å². The molecule has 1 aromatic heterocycles. The lowest BCUT2D eigenvalue weighted by molar-refractivity contribution is -0.239. The van der Waals surface area contributed by atoms with Crippen LogP contribution in [0.15, 0.2) is 18.2 Å². The van der Waals surface area contributed by atoms with Gasteiger partial charge in [0.05, 0.1) is 23.8 Å². The number of hydrogen-bond donors (Lipinski definition) is 2. The van der Waals surface area contributed by atoms with Crippen LogP contribution < -0.4 is 5.32 Å². The first-order valence-corrected chi connectivity index (χ1v) is 9.40. The molecule has 0 bridgehead atoms. The van der Waals surface area contributed by atoms with E-state index in [4.69, 9.17) is 16.9 Å². The summed E-state index contributed by atoms with van der Waals surface area (Å²) < 4.78 is 14.7. The summed E-state index contributed by atoms with van der Waals surface area (Å²) in [5.41, 5.74) is 1.90. The van der Waals surface area contributed by atoms with Crippen molar-refractivity contribution in [3.8, 4) is 0 Å². The highest BCUT2D eigenvalue weighted by Crippen LogP contribution is 2.28. The fourth-order valence-electron chi connectivity index (χ4n) is 3.64. The summed E-state index contributed by atoms with van der Waals surface area (Å²) in [5, 5.41) is 15.6. The average Bonchev–Trinajstić information content (AvgIpc) is 3.10. The fourth-order valence-corrected chi connectivity index (χ4v) is 3.82. The minimum absolute atomic E-state index is 0.0320. The first kappa shape index (κ1) is 20.1. The number of rotatable bonds is 2. The van der Waals surface area contributed by atoms with E-state index in [9.17, 15) is 18.8 Å². The van der Waals surface area contributed by atoms with Gasteiger partial charge < -0.3 is 15.1 Å². The number of aromatic nitrogens is 2. The second-order valence-corrected chi connectivity index (χ2v) is 7.44. The molecule has 0 aliphatic carbocycles. The molecule has 0 fully saturated rings. The smallest absolute Gasteiger partial charge is 0.325 e. The van der Waals surface area contributed by atoms with E-state index in [1.54, 1.807) is 0 Å². The Kier molecular flexibility index (Phi) is 5.08. The zero-order valence-corrected chi connectivity index (χ0v) is 16.5. The first-order chi connectivity index (χ1) is 14.3. The third-order valence-corrected chi connectivity index (χ3v) is 5.55. The van der Waals surface area contributed by atoms with Gasteiger partial charge in [0, 0.05) is 31.3 Å². The Labute approximate surface area is 174 Å². The minimum Gasteiger partial charge on any atom is -0.325 e. The van der Waals surface area contributed by atoms with Gasteiger partial charge in [0.15, 0.2) is 6.04 Å². The molecular formula is C18H17ClFN5O5. The van der Waals surface area contributed by atoms with Crippen LogP contribution in [0.1, 0.15) is 21.7 Å². The summed E-state index contributed by atoms with van der Waals surface area (Å²) in [5.74, 6) is -2.00. The molecule has 2 N–H and O–H groups in total. The number of hydrogen-bond acceptors (Lipinski definition) is 6. The summed E-state index contributed by atoms with van der Waals surface area (Å²) >= 11 is 5.75. The van der Waals surface area contributed by atoms with Crippen molar-refractivity contribution >= 4 is 35.2 Å². The summed E-state index contributed by atoms with van der Waals surface area (Å²) in [7, 11) is 1.43. The van der Waals surface area contributed by atoms with Crippen molar-refractivity contribution in [2.75, 3.05) is 18.9 Å². The van der Waals surface area contributed by atoms with E-state index in [1.165, 1.54) is 33.7 Å². The number of anilines is 1. The lowest BCUT2D eigenvalue weighted by Gasteiger charge is -2.31. The highest BCUT2D eigenvalue weighted by Gasteiger charge is 2.40. The summed E-state index contributed by atoms with van der Waals surface area (Å²) in [6.45, 7) is 0.528. The zero-order valence-electron chi connectivity index (χ0n) is 15.8. The van der Waals surface area contributed by atoms with Gasteiger partial charge in [-0.15, -0.1) is 0 Å². The minimum atomic E-state index is -1.00. The van der Waals surface area contributed by atoms with Crippen LogP contribution in [-0.4, -0.2) is 62.4 Å². The molecule has 0 saturated carbocycles. The molecule has 4 rings (SSSR count). The summed E-state index contributed by atoms with van der Waals surface area (Å²) in [6, 6.07) is 2.43. The van der Waals surface area contributed by atoms with E-state index in [-0.39, 0.29) is 23.8 Å². The molecule has 0 saturated heterocycles. The predicted octanol–water partition coefficient (Wildman–Crippen LogP) is 1.74. The van der Waals surface area contributed by atoms with Gasteiger partial charge in [0.25, 0.3) is 5.91 Å². The number of nitrogens with one attached hydrogen (secondary N) is 1. The van der Waals surface area contributed by atoms with Crippen molar-refractivity contribution in [1.29, 1.82) is 0 Å². The molecule has 3 heterocycles. The van der Waals surface area contributed by atoms with Crippen molar-refractivity contribution in [3.63, 3.8) is 0 Å². The molecule has 158 valence electrons. The molecule has 3 amide bonds. The number of benzene rings is 1. The maximum Gasteiger partial charge on any atom is 0.366 e. The highest BCUT2D eigenvalue weighted by atomic mass is 35.5. The van der Waals surface area contributed by atoms with E-state index >= 15 is 0 Å². The Bertz CT molecular complexity index is 1060. The van der Waals surface area contributed by atoms with Gasteiger partial charge in [-0.1, -0.05) is 11.6 Å². The first-order valence-electron chi connectivity index (χ1n) is 9.02. The standard InChI is InChI=1S/C18H17ClFN5O5/c1-23-14(17(27)30-29)8-25-15(16(23)26)10-7-24(5-4-13(10)22-25)18(28)21-9-2-3-12(20)11(19)6-9/h2-3,6,14,29H,4-5,7-8H2,1H3,(H,21,28). The quantitative estimate of drug-likeness (QED) is 0.546. The Morgan fingerprint density at radius 3 is 2.87 bits per heavy atom. The number of fused-ring (bicyclic) bond motifs is 3. The van der Waals surface area contributed by atoms with E-state index < -0.39 is 29.8 Å². The Balaban J connectivity index is 1.55. The zero-order chi connectivity index (χ0) is 21.6. The molecule has 1 atom stereocenters. The highest BCUT2D eigenvalue weighted by molar-refractivity contribution is 6.31. The van der Waals surface area contributed by atoms with Crippen LogP contribution in [0.25, 0.3) is 0 Å². The maximum atomic E-state index is 13.3. The van der Waals surface area contributed by atoms with Gasteiger partial charge in [0.1, 0.15) is 11.5 Å². The van der Waals surface area contributed by atoms with Gasteiger partial charge >= 0.3 is 12.0 Å². The van der Waals surface area contributed by atoms with Crippen LogP contribution in [-0.2, 0) is 29.2 Å². The maximum absolute atomic E-state index is 13.3. The molecule has 10 nitrogen and oxygen atoms in total. The molecule has 30 heavy (non-hydrogen) atoms. The van der Waals surface area contributed by atoms with Crippen LogP contribution in [0.4, 0.5) is 14.9 Å². The van der Waals surface area contributed by atoms with Crippen LogP contribution in [0, 0.1) is 5.82 Å². The third kappa shape index (κ3) is 3.35. The Morgan fingerprint density at radius 1 is 1.40 bits per heavy atom. The van der Waals surface area contributed by atoms with Crippen LogP contribution in [0.2, 0.25) is 5.02 Å². The molecule has 2 aliphatic rings. The monoisotopic (exact) mass is 437 g/mol. The number of likely N-dealkylation sites (N-methyl/N-ethyl adjacent to an activating group) is 1. The van der Waals surface area contributed by atoms with Crippen molar-refractivity contribution in [3.05, 3.63) is 46.0 Å². The van der Waals surface area contributed by atoms with E-state index in [0.29, 0.717) is 29.9 Å². The number of halogens is 2. The van der Waals surface area contributed by atoms with Crippen molar-refractivity contribution < 1.29 is 28.9 Å². The lowest BCUT2D eigenvalue weighted by Crippen LogP contribution is -2.50. The van der Waals surface area contributed by atoms with Crippen molar-refractivity contribution in [1.82, 2.24) is 19.6 Å². The number of carbonyl (C=O) groups is 3. The van der Waals surface area contributed by atoms with Gasteiger partial charge in [-0.25, -0.2) is 14.0 Å². The van der Waals surface area contributed by atoms with E-state index in [1.807, 2.05) is 0 Å². The SMILES string of the molecule is CN1C(=O)c2c3c(nn2CC1C(=O)OO)CCN(C(=O)Nc1ccc(F)c(Cl)c1)C3. The molecule has 2 aromatic rings. The van der Waals surface area contributed by atoms with Crippen LogP contribution in [0.5, 0.6) is 0 Å². The Morgan fingerprint density at radius 2 is 2.17 bits per heavy atom. The molecule has 12 heteroatoms. The van der Waals surface area contributed by atoms with Gasteiger partial charge in [-0.05, 0) is 18.2 Å². The van der Waals surface area contributed by atoms with E-state index in [0.717, 1.165) is 6.07 Å². The number of urea groups is 1. The fraction of sp³-hybridized carbons (Fsp3) is 0.333. The molecule has 1 unspecified atom stereocenters. The average molecular weight is 438 g/mol. The second-order valence-electron chi connectivity index (χ2n) is 7.03. The topological polar surface area (TPSA) is 117 Å². The normalized spacial score (nSPS) is 18.0. The number of carbonyl (C=O) groups excluding carboxylic acids is 3. The largest absolute Gasteiger partial charge is 0.366 e. The number of amides is 3. The van der Waals surface area contributed by atoms with Gasteiger partial charge in [0.2, 0.25) is 0 Å². The van der Waals surface area contributed by atoms with E-state index in [2.05, 4.69) is 15.3 Å². The van der Waals surface area contributed by atoms with Gasteiger partial charge in [-0.3, -0.25) is 14.4 Å². The molecule has 0 spiro atoms. The molecule has 2 aliphatic heterocycles. The van der Waals surface area contributed by atoms with Gasteiger partial charge in [-0.2, -0.15) is 10.4 Å². The molecular weight excluding hydrogens is 421 g/mol. The van der Waals surface area contributed by atoms with Crippen LogP contribution in [0.3, 0.4) is 0 Å². The van der Waals surface area contributed by atoms with Crippen molar-refractivity contribution in [2.45, 2.75) is 25.6 Å². The second kappa shape index (κ2) is 7.58. The summed E-state index contributed by atoms with van der Waals surface area (Å²) in [4.78, 5) is 43.7. The molecule has 0 radical (unpaired) electrons. The third-order valence-electron chi connectivity index (χ3n) is 5.26. The number of nitrogens with zero attached hydrogens (tertiary/aromatic N) is 4. The predicted molar refractivity (Wildman–Crippen MR) is 101 cm³/mol. The molecule has 1 aromatic carbocycles. The Hall–Kier alpha value is -3.18. The lowest BCUT2D eigenvalue weighted by atomic mass is 10.0. The van der Waals surface area contributed by atoms with Crippen molar-refractivity contribution in [2.24, 2.45) is 0 Å².